The zero-order valence-corrected chi connectivity index (χ0v) is 13.4. The van der Waals surface area contributed by atoms with Crippen molar-refractivity contribution in [3.8, 4) is 17.6 Å². The minimum absolute atomic E-state index is 0.0192. The summed E-state index contributed by atoms with van der Waals surface area (Å²) < 4.78 is 29.8. The Hall–Kier alpha value is -3.62. The van der Waals surface area contributed by atoms with Crippen LogP contribution < -0.4 is 15.2 Å². The number of amides is 1. The van der Waals surface area contributed by atoms with Crippen molar-refractivity contribution in [2.75, 3.05) is 5.73 Å². The summed E-state index contributed by atoms with van der Waals surface area (Å²) in [5.41, 5.74) is 6.48. The number of benzene rings is 1. The number of nitrogens with two attached hydrogens (primary N) is 1. The first-order valence-corrected chi connectivity index (χ1v) is 7.66. The number of anilines is 1. The SMILES string of the molecule is Nc1nccc(CN2Cc3ccc(Oc4ncco4)cc3OC2=O)c1F. The van der Waals surface area contributed by atoms with Gasteiger partial charge in [0.05, 0.1) is 19.3 Å². The first-order valence-electron chi connectivity index (χ1n) is 7.66. The molecule has 0 atom stereocenters. The van der Waals surface area contributed by atoms with Gasteiger partial charge in [0.2, 0.25) is 0 Å². The van der Waals surface area contributed by atoms with Gasteiger partial charge in [-0.15, -0.1) is 0 Å². The van der Waals surface area contributed by atoms with Gasteiger partial charge in [0, 0.05) is 23.4 Å². The number of hydrogen-bond acceptors (Lipinski definition) is 7. The third kappa shape index (κ3) is 3.02. The van der Waals surface area contributed by atoms with Crippen LogP contribution in [-0.4, -0.2) is 21.0 Å². The Morgan fingerprint density at radius 3 is 2.96 bits per heavy atom. The number of nitrogen functional groups attached to an aromatic ring is 1. The highest BCUT2D eigenvalue weighted by Crippen LogP contribution is 2.32. The van der Waals surface area contributed by atoms with Crippen LogP contribution in [0.25, 0.3) is 0 Å². The van der Waals surface area contributed by atoms with Crippen molar-refractivity contribution in [3.63, 3.8) is 0 Å². The summed E-state index contributed by atoms with van der Waals surface area (Å²) in [5.74, 6) is -0.0622. The van der Waals surface area contributed by atoms with E-state index in [4.69, 9.17) is 19.6 Å². The largest absolute Gasteiger partial charge is 0.417 e. The maximum absolute atomic E-state index is 14.0. The summed E-state index contributed by atoms with van der Waals surface area (Å²) in [4.78, 5) is 21.1. The number of rotatable bonds is 4. The number of halogens is 1. The van der Waals surface area contributed by atoms with Crippen LogP contribution in [0.1, 0.15) is 11.1 Å². The number of pyridine rings is 1. The van der Waals surface area contributed by atoms with E-state index in [-0.39, 0.29) is 30.5 Å². The lowest BCUT2D eigenvalue weighted by Crippen LogP contribution is -2.36. The lowest BCUT2D eigenvalue weighted by atomic mass is 10.1. The van der Waals surface area contributed by atoms with E-state index in [1.807, 2.05) is 0 Å². The lowest BCUT2D eigenvalue weighted by Gasteiger charge is -2.28. The Kier molecular flexibility index (Phi) is 3.88. The number of aromatic nitrogens is 2. The molecule has 0 spiro atoms. The molecular weight excluding hydrogens is 343 g/mol. The van der Waals surface area contributed by atoms with Gasteiger partial charge in [0.1, 0.15) is 17.8 Å². The normalized spacial score (nSPS) is 13.3. The molecule has 0 bridgehead atoms. The van der Waals surface area contributed by atoms with E-state index < -0.39 is 11.9 Å². The van der Waals surface area contributed by atoms with Gasteiger partial charge in [-0.2, -0.15) is 4.98 Å². The van der Waals surface area contributed by atoms with E-state index in [1.54, 1.807) is 18.2 Å². The third-order valence-electron chi connectivity index (χ3n) is 3.83. The van der Waals surface area contributed by atoms with Crippen molar-refractivity contribution < 1.29 is 23.1 Å². The maximum atomic E-state index is 14.0. The Morgan fingerprint density at radius 1 is 1.27 bits per heavy atom. The van der Waals surface area contributed by atoms with E-state index in [2.05, 4.69) is 9.97 Å². The van der Waals surface area contributed by atoms with Crippen molar-refractivity contribution >= 4 is 11.9 Å². The van der Waals surface area contributed by atoms with Gasteiger partial charge in [-0.25, -0.2) is 14.2 Å². The first-order chi connectivity index (χ1) is 12.6. The quantitative estimate of drug-likeness (QED) is 0.766. The molecule has 1 amide bonds. The summed E-state index contributed by atoms with van der Waals surface area (Å²) in [5, 5.41) is 0. The van der Waals surface area contributed by atoms with Gasteiger partial charge in [0.15, 0.2) is 11.6 Å². The Labute approximate surface area is 147 Å². The van der Waals surface area contributed by atoms with Crippen LogP contribution in [-0.2, 0) is 13.1 Å². The standard InChI is InChI=1S/C17H13FN4O4/c18-14-11(3-4-20-15(14)19)9-22-8-10-1-2-12(7-13(10)26-17(22)23)25-16-21-5-6-24-16/h1-7H,8-9H2,(H2,19,20). The molecule has 1 aliphatic heterocycles. The van der Waals surface area contributed by atoms with Crippen LogP contribution in [0, 0.1) is 5.82 Å². The molecular formula is C17H13FN4O4. The van der Waals surface area contributed by atoms with E-state index in [1.165, 1.54) is 29.6 Å². The van der Waals surface area contributed by atoms with Crippen molar-refractivity contribution in [3.05, 3.63) is 59.9 Å². The fraction of sp³-hybridized carbons (Fsp3) is 0.118. The summed E-state index contributed by atoms with van der Waals surface area (Å²) in [7, 11) is 0. The number of carbonyl (C=O) groups excluding carboxylic acids is 1. The number of ether oxygens (including phenoxy) is 2. The Morgan fingerprint density at radius 2 is 2.15 bits per heavy atom. The summed E-state index contributed by atoms with van der Waals surface area (Å²) in [6, 6.07) is 6.50. The molecule has 1 aromatic carbocycles. The molecule has 0 aliphatic carbocycles. The minimum Gasteiger partial charge on any atom is -0.417 e. The number of fused-ring (bicyclic) bond motifs is 1. The molecule has 4 rings (SSSR count). The second-order valence-corrected chi connectivity index (χ2v) is 5.56. The average molecular weight is 356 g/mol. The van der Waals surface area contributed by atoms with Crippen LogP contribution in [0.15, 0.2) is 47.3 Å². The van der Waals surface area contributed by atoms with Gasteiger partial charge in [-0.05, 0) is 18.2 Å². The predicted molar refractivity (Wildman–Crippen MR) is 86.9 cm³/mol. The second-order valence-electron chi connectivity index (χ2n) is 5.56. The Bertz CT molecular complexity index is 961. The van der Waals surface area contributed by atoms with Crippen molar-refractivity contribution in [1.82, 2.24) is 14.9 Å². The highest BCUT2D eigenvalue weighted by Gasteiger charge is 2.26. The molecule has 2 aromatic heterocycles. The number of oxazole rings is 1. The van der Waals surface area contributed by atoms with E-state index in [9.17, 15) is 9.18 Å². The molecule has 0 saturated carbocycles. The van der Waals surface area contributed by atoms with Crippen LogP contribution in [0.2, 0.25) is 0 Å². The molecule has 2 N–H and O–H groups in total. The van der Waals surface area contributed by atoms with Gasteiger partial charge in [-0.3, -0.25) is 4.90 Å². The topological polar surface area (TPSA) is 104 Å². The smallest absolute Gasteiger partial charge is 0.415 e. The predicted octanol–water partition coefficient (Wildman–Crippen LogP) is 3.10. The molecule has 0 unspecified atom stereocenters. The van der Waals surface area contributed by atoms with E-state index in [0.29, 0.717) is 11.5 Å². The van der Waals surface area contributed by atoms with Crippen molar-refractivity contribution in [1.29, 1.82) is 0 Å². The number of nitrogens with zero attached hydrogens (tertiary/aromatic N) is 3. The molecule has 0 saturated heterocycles. The van der Waals surface area contributed by atoms with Crippen LogP contribution >= 0.6 is 0 Å². The molecule has 0 radical (unpaired) electrons. The molecule has 0 fully saturated rings. The molecule has 3 heterocycles. The van der Waals surface area contributed by atoms with Gasteiger partial charge >= 0.3 is 12.2 Å². The second kappa shape index (κ2) is 6.36. The fourth-order valence-corrected chi connectivity index (χ4v) is 2.56. The first kappa shape index (κ1) is 15.9. The third-order valence-corrected chi connectivity index (χ3v) is 3.83. The zero-order chi connectivity index (χ0) is 18.1. The molecule has 132 valence electrons. The van der Waals surface area contributed by atoms with Crippen molar-refractivity contribution in [2.24, 2.45) is 0 Å². The van der Waals surface area contributed by atoms with Crippen LogP contribution in [0.4, 0.5) is 15.0 Å². The lowest BCUT2D eigenvalue weighted by molar-refractivity contribution is 0.134. The van der Waals surface area contributed by atoms with E-state index >= 15 is 0 Å². The molecule has 8 nitrogen and oxygen atoms in total. The van der Waals surface area contributed by atoms with Crippen molar-refractivity contribution in [2.45, 2.75) is 13.1 Å². The summed E-state index contributed by atoms with van der Waals surface area (Å²) >= 11 is 0. The minimum atomic E-state index is -0.638. The molecule has 1 aliphatic rings. The molecule has 26 heavy (non-hydrogen) atoms. The van der Waals surface area contributed by atoms with Crippen LogP contribution in [0.3, 0.4) is 0 Å². The number of carbonyl (C=O) groups is 1. The maximum Gasteiger partial charge on any atom is 0.415 e. The van der Waals surface area contributed by atoms with Gasteiger partial charge in [-0.1, -0.05) is 0 Å². The van der Waals surface area contributed by atoms with Crippen LogP contribution in [0.5, 0.6) is 17.6 Å². The van der Waals surface area contributed by atoms with Gasteiger partial charge in [0.25, 0.3) is 0 Å². The zero-order valence-electron chi connectivity index (χ0n) is 13.4. The molecule has 3 aromatic rings. The fourth-order valence-electron chi connectivity index (χ4n) is 2.56. The average Bonchev–Trinajstić information content (AvgIpc) is 3.12. The summed E-state index contributed by atoms with van der Waals surface area (Å²) in [6.07, 6.45) is 3.72. The number of hydrogen-bond donors (Lipinski definition) is 1. The highest BCUT2D eigenvalue weighted by molar-refractivity contribution is 5.73. The summed E-state index contributed by atoms with van der Waals surface area (Å²) in [6.45, 7) is 0.278. The monoisotopic (exact) mass is 356 g/mol. The Balaban J connectivity index is 1.53. The molecule has 9 heteroatoms. The van der Waals surface area contributed by atoms with Gasteiger partial charge < -0.3 is 19.6 Å². The van der Waals surface area contributed by atoms with E-state index in [0.717, 1.165) is 5.56 Å². The highest BCUT2D eigenvalue weighted by atomic mass is 19.1.